The van der Waals surface area contributed by atoms with Crippen LogP contribution in [0.1, 0.15) is 18.6 Å². The molecular weight excluding hydrogens is 700 g/mol. The first-order chi connectivity index (χ1) is 24.6. The number of aromatic hydroxyl groups is 2. The van der Waals surface area contributed by atoms with E-state index in [9.17, 15) is 66.1 Å². The Labute approximate surface area is 293 Å². The highest BCUT2D eigenvalue weighted by molar-refractivity contribution is 5.88. The minimum Gasteiger partial charge on any atom is -0.508 e. The van der Waals surface area contributed by atoms with Crippen molar-refractivity contribution in [2.45, 2.75) is 98.9 Å². The van der Waals surface area contributed by atoms with E-state index in [1.165, 1.54) is 37.3 Å². The van der Waals surface area contributed by atoms with Gasteiger partial charge in [-0.2, -0.15) is 0 Å². The highest BCUT2D eigenvalue weighted by atomic mass is 16.7. The van der Waals surface area contributed by atoms with Crippen molar-refractivity contribution < 1.29 is 89.4 Å². The number of phenols is 2. The van der Waals surface area contributed by atoms with Gasteiger partial charge in [-0.1, -0.05) is 0 Å². The van der Waals surface area contributed by atoms with Gasteiger partial charge in [-0.25, -0.2) is 0 Å². The Bertz CT molecular complexity index is 1760. The van der Waals surface area contributed by atoms with Gasteiger partial charge in [0.05, 0.1) is 19.3 Å². The fraction of sp³-hybridized carbons (Fsp3) is 0.545. The molecule has 0 saturated carbocycles. The van der Waals surface area contributed by atoms with E-state index in [-0.39, 0.29) is 28.2 Å². The van der Waals surface area contributed by atoms with Crippen LogP contribution in [0.25, 0.3) is 22.3 Å². The van der Waals surface area contributed by atoms with E-state index in [0.717, 1.165) is 6.07 Å². The first-order valence-corrected chi connectivity index (χ1v) is 16.2. The molecule has 3 fully saturated rings. The molecule has 15 atom stereocenters. The quantitative estimate of drug-likeness (QED) is 0.106. The lowest BCUT2D eigenvalue weighted by Crippen LogP contribution is -2.61. The lowest BCUT2D eigenvalue weighted by atomic mass is 9.90. The maximum Gasteiger partial charge on any atom is 0.239 e. The Kier molecular flexibility index (Phi) is 11.1. The predicted octanol–water partition coefficient (Wildman–Crippen LogP) is -3.58. The SMILES string of the molecule is C[C@@H]1O[C@@H](OC[C@H]2O[C@@H](Oc3c(-c4ccc(O)cc4)oc4cc([C@@H]5O[C@H](CO)[C@@H](O)[C@H](O)[C@H]5O)cc(O)c4c3=O)[C@H](O)[C@@H](O)[C@@H]2O)[C@H](O)[C@H](O)[C@H]1O. The third kappa shape index (κ3) is 6.97. The van der Waals surface area contributed by atoms with Crippen LogP contribution in [0.3, 0.4) is 0 Å². The predicted molar refractivity (Wildman–Crippen MR) is 170 cm³/mol. The van der Waals surface area contributed by atoms with Crippen LogP contribution >= 0.6 is 0 Å². The van der Waals surface area contributed by atoms with Crippen LogP contribution in [0.5, 0.6) is 17.2 Å². The summed E-state index contributed by atoms with van der Waals surface area (Å²) in [7, 11) is 0. The fourth-order valence-corrected chi connectivity index (χ4v) is 6.36. The molecule has 0 amide bonds. The zero-order valence-corrected chi connectivity index (χ0v) is 27.3. The Morgan fingerprint density at radius 1 is 0.692 bits per heavy atom. The van der Waals surface area contributed by atoms with Crippen molar-refractivity contribution in [3.05, 3.63) is 52.2 Å². The van der Waals surface area contributed by atoms with E-state index in [1.807, 2.05) is 0 Å². The first-order valence-electron chi connectivity index (χ1n) is 16.2. The van der Waals surface area contributed by atoms with Crippen LogP contribution < -0.4 is 10.2 Å². The van der Waals surface area contributed by atoms with E-state index < -0.39 is 127 Å². The van der Waals surface area contributed by atoms with Crippen molar-refractivity contribution in [1.29, 1.82) is 0 Å². The second-order valence-corrected chi connectivity index (χ2v) is 12.9. The van der Waals surface area contributed by atoms with Gasteiger partial charge in [0.1, 0.15) is 95.7 Å². The Morgan fingerprint density at radius 3 is 1.98 bits per heavy atom. The average molecular weight is 741 g/mol. The highest BCUT2D eigenvalue weighted by Crippen LogP contribution is 2.40. The van der Waals surface area contributed by atoms with Crippen LogP contribution in [0, 0.1) is 0 Å². The highest BCUT2D eigenvalue weighted by Gasteiger charge is 2.48. The number of aliphatic hydroxyl groups excluding tert-OH is 10. The summed E-state index contributed by atoms with van der Waals surface area (Å²) in [4.78, 5) is 14.1. The number of rotatable bonds is 8. The number of fused-ring (bicyclic) bond motifs is 1. The number of hydrogen-bond donors (Lipinski definition) is 12. The molecule has 0 bridgehead atoms. The van der Waals surface area contributed by atoms with Gasteiger partial charge >= 0.3 is 0 Å². The summed E-state index contributed by atoms with van der Waals surface area (Å²) in [6.45, 7) is 0.0694. The largest absolute Gasteiger partial charge is 0.508 e. The molecule has 1 aromatic heterocycles. The van der Waals surface area contributed by atoms with Crippen molar-refractivity contribution in [3.8, 4) is 28.6 Å². The van der Waals surface area contributed by atoms with Crippen molar-refractivity contribution in [3.63, 3.8) is 0 Å². The molecule has 3 aliphatic heterocycles. The maximum atomic E-state index is 14.1. The molecule has 0 unspecified atom stereocenters. The second kappa shape index (κ2) is 15.1. The molecule has 3 aromatic rings. The van der Waals surface area contributed by atoms with Gasteiger partial charge in [-0.05, 0) is 48.9 Å². The van der Waals surface area contributed by atoms with Crippen LogP contribution in [0.4, 0.5) is 0 Å². The van der Waals surface area contributed by atoms with Crippen LogP contribution in [-0.2, 0) is 18.9 Å². The van der Waals surface area contributed by atoms with E-state index >= 15 is 0 Å². The number of phenolic OH excluding ortho intramolecular Hbond substituents is 2. The van der Waals surface area contributed by atoms with Gasteiger partial charge in [-0.15, -0.1) is 0 Å². The zero-order valence-electron chi connectivity index (χ0n) is 27.3. The number of hydrogen-bond acceptors (Lipinski definition) is 19. The molecule has 0 spiro atoms. The third-order valence-corrected chi connectivity index (χ3v) is 9.44. The van der Waals surface area contributed by atoms with Gasteiger partial charge in [-0.3, -0.25) is 4.79 Å². The summed E-state index contributed by atoms with van der Waals surface area (Å²) in [5.41, 5.74) is -1.24. The van der Waals surface area contributed by atoms with E-state index in [1.54, 1.807) is 0 Å². The van der Waals surface area contributed by atoms with Gasteiger partial charge in [0.25, 0.3) is 0 Å². The van der Waals surface area contributed by atoms with Crippen LogP contribution in [0.2, 0.25) is 0 Å². The summed E-state index contributed by atoms with van der Waals surface area (Å²) in [5, 5.41) is 124. The van der Waals surface area contributed by atoms with Crippen LogP contribution in [-0.4, -0.2) is 160 Å². The summed E-state index contributed by atoms with van der Waals surface area (Å²) in [6, 6.07) is 7.40. The van der Waals surface area contributed by atoms with Crippen LogP contribution in [0.15, 0.2) is 45.6 Å². The molecule has 2 aromatic carbocycles. The lowest BCUT2D eigenvalue weighted by molar-refractivity contribution is -0.318. The maximum absolute atomic E-state index is 14.1. The van der Waals surface area contributed by atoms with E-state index in [4.69, 9.17) is 28.1 Å². The topological polar surface area (TPSA) is 319 Å². The molecule has 0 radical (unpaired) electrons. The van der Waals surface area contributed by atoms with Crippen molar-refractivity contribution in [1.82, 2.24) is 0 Å². The summed E-state index contributed by atoms with van der Waals surface area (Å²) in [5.74, 6) is -1.89. The minimum absolute atomic E-state index is 0.0233. The van der Waals surface area contributed by atoms with Crippen molar-refractivity contribution in [2.75, 3.05) is 13.2 Å². The molecule has 286 valence electrons. The van der Waals surface area contributed by atoms with E-state index in [2.05, 4.69) is 0 Å². The van der Waals surface area contributed by atoms with Crippen molar-refractivity contribution in [2.24, 2.45) is 0 Å². The molecule has 0 aliphatic carbocycles. The Balaban J connectivity index is 1.35. The standard InChI is InChI=1S/C33H40O19/c1-10-19(37)23(41)27(45)32(48-10)47-9-17-21(39)25(43)28(46)33(51-17)52-31-22(40)18-14(36)6-12(29-26(44)24(42)20(38)16(8-34)50-29)7-15(18)49-30(31)11-2-4-13(35)5-3-11/h2-7,10,16-17,19-21,23-29,32-39,41-46H,8-9H2,1H3/t10-,16+,17+,19-,20+,21+,23+,24-,25-,26+,27+,28+,29-,32+,33-/m0/s1. The van der Waals surface area contributed by atoms with Gasteiger partial charge in [0.15, 0.2) is 12.1 Å². The Hall–Kier alpha value is -3.51. The van der Waals surface area contributed by atoms with Crippen molar-refractivity contribution >= 4 is 11.0 Å². The minimum atomic E-state index is -2.00. The summed E-state index contributed by atoms with van der Waals surface area (Å²) in [6.07, 6.45) is -24.3. The normalized spacial score (nSPS) is 38.3. The summed E-state index contributed by atoms with van der Waals surface area (Å²) < 4.78 is 34.0. The monoisotopic (exact) mass is 740 g/mol. The lowest BCUT2D eigenvalue weighted by Gasteiger charge is -2.42. The molecule has 12 N–H and O–H groups in total. The molecule has 4 heterocycles. The molecule has 19 heteroatoms. The smallest absolute Gasteiger partial charge is 0.239 e. The number of benzene rings is 2. The molecule has 3 aliphatic rings. The molecule has 6 rings (SSSR count). The first kappa shape index (κ1) is 38.2. The van der Waals surface area contributed by atoms with E-state index in [0.29, 0.717) is 0 Å². The molecular formula is C33H40O19. The summed E-state index contributed by atoms with van der Waals surface area (Å²) >= 11 is 0. The number of ether oxygens (including phenoxy) is 5. The number of aliphatic hydroxyl groups is 10. The fourth-order valence-electron chi connectivity index (χ4n) is 6.36. The molecule has 52 heavy (non-hydrogen) atoms. The third-order valence-electron chi connectivity index (χ3n) is 9.44. The average Bonchev–Trinajstić information content (AvgIpc) is 3.12. The zero-order chi connectivity index (χ0) is 37.8. The molecule has 19 nitrogen and oxygen atoms in total. The second-order valence-electron chi connectivity index (χ2n) is 12.9. The van der Waals surface area contributed by atoms with Gasteiger partial charge < -0.3 is 89.4 Å². The van der Waals surface area contributed by atoms with Gasteiger partial charge in [0, 0.05) is 5.56 Å². The van der Waals surface area contributed by atoms with Gasteiger partial charge in [0.2, 0.25) is 17.5 Å². The molecule has 3 saturated heterocycles. The Morgan fingerprint density at radius 2 is 1.31 bits per heavy atom.